The number of nitrogens with zero attached hydrogens (tertiary/aromatic N) is 1. The van der Waals surface area contributed by atoms with Crippen molar-refractivity contribution in [2.75, 3.05) is 5.73 Å². The van der Waals surface area contributed by atoms with Crippen LogP contribution in [0.3, 0.4) is 0 Å². The summed E-state index contributed by atoms with van der Waals surface area (Å²) in [7, 11) is 0. The lowest BCUT2D eigenvalue weighted by atomic mass is 10.1. The van der Waals surface area contributed by atoms with Gasteiger partial charge in [0.2, 0.25) is 0 Å². The summed E-state index contributed by atoms with van der Waals surface area (Å²) in [6.07, 6.45) is 3.56. The Kier molecular flexibility index (Phi) is 4.20. The summed E-state index contributed by atoms with van der Waals surface area (Å²) in [6, 6.07) is 17.5. The normalized spacial score (nSPS) is 9.61. The van der Waals surface area contributed by atoms with Gasteiger partial charge in [-0.05, 0) is 24.3 Å². The molecule has 0 bridgehead atoms. The van der Waals surface area contributed by atoms with Crippen molar-refractivity contribution in [2.45, 2.75) is 4.90 Å². The number of pyridine rings is 1. The van der Waals surface area contributed by atoms with Crippen LogP contribution in [-0.4, -0.2) is 4.98 Å². The van der Waals surface area contributed by atoms with Crippen molar-refractivity contribution in [3.05, 3.63) is 67.0 Å². The molecule has 3 rings (SSSR count). The fourth-order valence-corrected chi connectivity index (χ4v) is 1.75. The number of aromatic nitrogens is 1. The van der Waals surface area contributed by atoms with Crippen molar-refractivity contribution in [1.82, 2.24) is 4.98 Å². The number of hydrogen-bond acceptors (Lipinski definition) is 3. The predicted molar refractivity (Wildman–Crippen MR) is 79.8 cm³/mol. The number of rotatable bonds is 0. The van der Waals surface area contributed by atoms with Gasteiger partial charge < -0.3 is 5.73 Å². The minimum atomic E-state index is 0.810. The van der Waals surface area contributed by atoms with E-state index in [9.17, 15) is 0 Å². The molecule has 90 valence electrons. The summed E-state index contributed by atoms with van der Waals surface area (Å²) >= 11 is 4.08. The van der Waals surface area contributed by atoms with Crippen LogP contribution in [0.5, 0.6) is 0 Å². The van der Waals surface area contributed by atoms with Crippen molar-refractivity contribution in [1.29, 1.82) is 0 Å². The first kappa shape index (κ1) is 12.5. The van der Waals surface area contributed by atoms with Gasteiger partial charge in [0.1, 0.15) is 0 Å². The zero-order valence-corrected chi connectivity index (χ0v) is 10.7. The quantitative estimate of drug-likeness (QED) is 0.473. The Bertz CT molecular complexity index is 618. The van der Waals surface area contributed by atoms with E-state index in [0.717, 1.165) is 21.4 Å². The van der Waals surface area contributed by atoms with Crippen LogP contribution >= 0.6 is 12.6 Å². The first-order valence-electron chi connectivity index (χ1n) is 5.59. The van der Waals surface area contributed by atoms with Crippen LogP contribution in [0.1, 0.15) is 0 Å². The molecule has 18 heavy (non-hydrogen) atoms. The summed E-state index contributed by atoms with van der Waals surface area (Å²) in [4.78, 5) is 5.01. The zero-order chi connectivity index (χ0) is 12.8. The molecule has 0 aliphatic heterocycles. The third-order valence-electron chi connectivity index (χ3n) is 2.47. The van der Waals surface area contributed by atoms with E-state index in [1.807, 2.05) is 60.8 Å². The van der Waals surface area contributed by atoms with Gasteiger partial charge in [-0.3, -0.25) is 4.98 Å². The Morgan fingerprint density at radius 2 is 1.67 bits per heavy atom. The van der Waals surface area contributed by atoms with Crippen LogP contribution in [0.2, 0.25) is 0 Å². The van der Waals surface area contributed by atoms with E-state index in [1.54, 1.807) is 6.20 Å². The van der Waals surface area contributed by atoms with E-state index in [-0.39, 0.29) is 0 Å². The highest BCUT2D eigenvalue weighted by molar-refractivity contribution is 7.80. The van der Waals surface area contributed by atoms with Gasteiger partial charge in [0.05, 0.1) is 0 Å². The second-order valence-corrected chi connectivity index (χ2v) is 4.30. The van der Waals surface area contributed by atoms with E-state index in [2.05, 4.69) is 17.6 Å². The SMILES string of the molecule is Nc1cccc2cnccc12.Sc1ccccc1. The molecule has 2 nitrogen and oxygen atoms in total. The minimum absolute atomic E-state index is 0.810. The highest BCUT2D eigenvalue weighted by Gasteiger charge is 1.93. The molecule has 1 aromatic heterocycles. The Balaban J connectivity index is 0.000000149. The standard InChI is InChI=1S/C9H8N2.C6H6S/c10-9-3-1-2-7-6-11-5-4-8(7)9;7-6-4-2-1-3-5-6/h1-6H,10H2;1-5,7H. The van der Waals surface area contributed by atoms with Crippen molar-refractivity contribution in [2.24, 2.45) is 0 Å². The summed E-state index contributed by atoms with van der Waals surface area (Å²) in [5.74, 6) is 0. The van der Waals surface area contributed by atoms with E-state index < -0.39 is 0 Å². The van der Waals surface area contributed by atoms with Gasteiger partial charge in [-0.25, -0.2) is 0 Å². The molecule has 2 aromatic carbocycles. The molecule has 0 atom stereocenters. The first-order valence-corrected chi connectivity index (χ1v) is 6.04. The summed E-state index contributed by atoms with van der Waals surface area (Å²) in [6.45, 7) is 0. The van der Waals surface area contributed by atoms with Gasteiger partial charge in [-0.2, -0.15) is 0 Å². The predicted octanol–water partition coefficient (Wildman–Crippen LogP) is 3.79. The highest BCUT2D eigenvalue weighted by atomic mass is 32.1. The lowest BCUT2D eigenvalue weighted by Gasteiger charge is -1.98. The van der Waals surface area contributed by atoms with Crippen molar-refractivity contribution in [3.8, 4) is 0 Å². The van der Waals surface area contributed by atoms with Crippen LogP contribution in [0.4, 0.5) is 5.69 Å². The average molecular weight is 254 g/mol. The van der Waals surface area contributed by atoms with Crippen LogP contribution in [0.15, 0.2) is 71.9 Å². The van der Waals surface area contributed by atoms with Gasteiger partial charge in [0.15, 0.2) is 0 Å². The molecule has 0 saturated carbocycles. The molecule has 0 fully saturated rings. The minimum Gasteiger partial charge on any atom is -0.398 e. The number of nitrogens with two attached hydrogens (primary N) is 1. The summed E-state index contributed by atoms with van der Waals surface area (Å²) in [5, 5.41) is 2.16. The van der Waals surface area contributed by atoms with Gasteiger partial charge in [-0.15, -0.1) is 12.6 Å². The second-order valence-electron chi connectivity index (χ2n) is 3.78. The zero-order valence-electron chi connectivity index (χ0n) is 9.82. The van der Waals surface area contributed by atoms with Crippen molar-refractivity contribution < 1.29 is 0 Å². The Morgan fingerprint density at radius 1 is 0.889 bits per heavy atom. The lowest BCUT2D eigenvalue weighted by Crippen LogP contribution is -1.85. The van der Waals surface area contributed by atoms with Crippen LogP contribution in [0.25, 0.3) is 10.8 Å². The topological polar surface area (TPSA) is 38.9 Å². The van der Waals surface area contributed by atoms with Gasteiger partial charge in [0, 0.05) is 33.7 Å². The highest BCUT2D eigenvalue weighted by Crippen LogP contribution is 2.18. The van der Waals surface area contributed by atoms with Crippen LogP contribution < -0.4 is 5.73 Å². The smallest absolute Gasteiger partial charge is 0.0394 e. The Labute approximate surface area is 112 Å². The van der Waals surface area contributed by atoms with Crippen LogP contribution in [-0.2, 0) is 0 Å². The number of thiol groups is 1. The van der Waals surface area contributed by atoms with E-state index in [1.165, 1.54) is 0 Å². The molecule has 0 amide bonds. The van der Waals surface area contributed by atoms with Crippen molar-refractivity contribution >= 4 is 29.1 Å². The third kappa shape index (κ3) is 3.25. The number of nitrogen functional groups attached to an aromatic ring is 1. The fraction of sp³-hybridized carbons (Fsp3) is 0. The van der Waals surface area contributed by atoms with E-state index in [0.29, 0.717) is 0 Å². The summed E-state index contributed by atoms with van der Waals surface area (Å²) < 4.78 is 0. The maximum Gasteiger partial charge on any atom is 0.0394 e. The number of fused-ring (bicyclic) bond motifs is 1. The Morgan fingerprint density at radius 3 is 2.28 bits per heavy atom. The van der Waals surface area contributed by atoms with Gasteiger partial charge in [-0.1, -0.05) is 30.3 Å². The lowest BCUT2D eigenvalue weighted by molar-refractivity contribution is 1.36. The molecular formula is C15H14N2S. The molecule has 0 aliphatic carbocycles. The first-order chi connectivity index (χ1) is 8.77. The Hall–Kier alpha value is -2.00. The molecule has 0 spiro atoms. The maximum atomic E-state index is 5.73. The third-order valence-corrected chi connectivity index (χ3v) is 2.77. The number of anilines is 1. The average Bonchev–Trinajstić information content (AvgIpc) is 2.41. The molecule has 1 heterocycles. The molecule has 3 aromatic rings. The molecule has 3 heteroatoms. The molecule has 0 saturated heterocycles. The summed E-state index contributed by atoms with van der Waals surface area (Å²) in [5.41, 5.74) is 6.54. The van der Waals surface area contributed by atoms with E-state index in [4.69, 9.17) is 5.73 Å². The number of benzene rings is 2. The monoisotopic (exact) mass is 254 g/mol. The van der Waals surface area contributed by atoms with Crippen LogP contribution in [0, 0.1) is 0 Å². The van der Waals surface area contributed by atoms with Gasteiger partial charge in [0.25, 0.3) is 0 Å². The molecule has 0 unspecified atom stereocenters. The molecule has 2 N–H and O–H groups in total. The number of hydrogen-bond donors (Lipinski definition) is 2. The van der Waals surface area contributed by atoms with Gasteiger partial charge >= 0.3 is 0 Å². The fourth-order valence-electron chi connectivity index (χ4n) is 1.58. The van der Waals surface area contributed by atoms with E-state index >= 15 is 0 Å². The maximum absolute atomic E-state index is 5.73. The van der Waals surface area contributed by atoms with Crippen molar-refractivity contribution in [3.63, 3.8) is 0 Å². The molecule has 0 radical (unpaired) electrons. The molecular weight excluding hydrogens is 240 g/mol. The molecule has 0 aliphatic rings. The second kappa shape index (κ2) is 6.07. The largest absolute Gasteiger partial charge is 0.398 e.